The molecule has 3 rings (SSSR count). The summed E-state index contributed by atoms with van der Waals surface area (Å²) in [6.45, 7) is 4.69. The molecule has 0 saturated carbocycles. The van der Waals surface area contributed by atoms with E-state index in [1.165, 1.54) is 0 Å². The van der Waals surface area contributed by atoms with Gasteiger partial charge in [0.1, 0.15) is 5.52 Å². The number of rotatable bonds is 4. The van der Waals surface area contributed by atoms with E-state index < -0.39 is 0 Å². The van der Waals surface area contributed by atoms with Gasteiger partial charge in [0.2, 0.25) is 5.95 Å². The van der Waals surface area contributed by atoms with Gasteiger partial charge in [0, 0.05) is 17.3 Å². The summed E-state index contributed by atoms with van der Waals surface area (Å²) in [6, 6.07) is 5.71. The Morgan fingerprint density at radius 2 is 2.14 bits per heavy atom. The van der Waals surface area contributed by atoms with Crippen LogP contribution < -0.4 is 10.6 Å². The van der Waals surface area contributed by atoms with Crippen LogP contribution in [0, 0.1) is 6.92 Å². The molecular formula is C14H15ClN6. The van der Waals surface area contributed by atoms with Gasteiger partial charge in [0.05, 0.1) is 6.33 Å². The molecule has 0 unspecified atom stereocenters. The molecule has 2 heterocycles. The van der Waals surface area contributed by atoms with Gasteiger partial charge in [-0.05, 0) is 31.5 Å². The monoisotopic (exact) mass is 302 g/mol. The number of anilines is 3. The minimum Gasteiger partial charge on any atom is -0.354 e. The number of benzene rings is 1. The first-order valence-electron chi connectivity index (χ1n) is 6.66. The highest BCUT2D eigenvalue weighted by Gasteiger charge is 2.11. The zero-order valence-corrected chi connectivity index (χ0v) is 12.5. The summed E-state index contributed by atoms with van der Waals surface area (Å²) in [4.78, 5) is 16.1. The van der Waals surface area contributed by atoms with Crippen molar-refractivity contribution in [1.82, 2.24) is 19.9 Å². The van der Waals surface area contributed by atoms with Crippen LogP contribution in [0.4, 0.5) is 17.5 Å². The van der Waals surface area contributed by atoms with Crippen molar-refractivity contribution in [3.05, 3.63) is 35.1 Å². The van der Waals surface area contributed by atoms with Gasteiger partial charge in [-0.15, -0.1) is 0 Å². The van der Waals surface area contributed by atoms with Crippen LogP contribution in [-0.4, -0.2) is 26.5 Å². The summed E-state index contributed by atoms with van der Waals surface area (Å²) < 4.78 is 0. The number of H-pyrrole nitrogens is 1. The van der Waals surface area contributed by atoms with Gasteiger partial charge in [0.25, 0.3) is 0 Å². The molecule has 0 atom stereocenters. The zero-order valence-electron chi connectivity index (χ0n) is 11.7. The Labute approximate surface area is 127 Å². The molecule has 0 spiro atoms. The molecule has 7 heteroatoms. The average Bonchev–Trinajstić information content (AvgIpc) is 2.93. The third kappa shape index (κ3) is 2.62. The van der Waals surface area contributed by atoms with E-state index in [9.17, 15) is 0 Å². The molecule has 1 aromatic carbocycles. The number of aromatic amines is 1. The molecule has 2 aromatic heterocycles. The number of halogens is 1. The van der Waals surface area contributed by atoms with Crippen LogP contribution in [-0.2, 0) is 0 Å². The quantitative estimate of drug-likeness (QED) is 0.687. The minimum atomic E-state index is 0.541. The molecule has 108 valence electrons. The van der Waals surface area contributed by atoms with E-state index >= 15 is 0 Å². The summed E-state index contributed by atoms with van der Waals surface area (Å²) in [5.41, 5.74) is 3.24. The van der Waals surface area contributed by atoms with Gasteiger partial charge >= 0.3 is 0 Å². The average molecular weight is 303 g/mol. The first kappa shape index (κ1) is 13.6. The molecule has 0 fully saturated rings. The molecule has 0 amide bonds. The van der Waals surface area contributed by atoms with E-state index in [1.807, 2.05) is 32.0 Å². The second kappa shape index (κ2) is 5.57. The predicted octanol–water partition coefficient (Wildman–Crippen LogP) is 3.49. The van der Waals surface area contributed by atoms with Crippen molar-refractivity contribution >= 4 is 40.2 Å². The van der Waals surface area contributed by atoms with Crippen LogP contribution in [0.2, 0.25) is 5.02 Å². The van der Waals surface area contributed by atoms with Crippen LogP contribution in [0.1, 0.15) is 12.5 Å². The summed E-state index contributed by atoms with van der Waals surface area (Å²) in [7, 11) is 0. The largest absolute Gasteiger partial charge is 0.354 e. The highest BCUT2D eigenvalue weighted by molar-refractivity contribution is 6.31. The highest BCUT2D eigenvalue weighted by atomic mass is 35.5. The second-order valence-electron chi connectivity index (χ2n) is 4.56. The fourth-order valence-corrected chi connectivity index (χ4v) is 2.21. The molecule has 21 heavy (non-hydrogen) atoms. The molecule has 0 radical (unpaired) electrons. The summed E-state index contributed by atoms with van der Waals surface area (Å²) in [6.07, 6.45) is 1.60. The summed E-state index contributed by atoms with van der Waals surface area (Å²) >= 11 is 6.15. The van der Waals surface area contributed by atoms with E-state index in [4.69, 9.17) is 11.6 Å². The third-order valence-corrected chi connectivity index (χ3v) is 3.55. The van der Waals surface area contributed by atoms with Crippen molar-refractivity contribution in [1.29, 1.82) is 0 Å². The third-order valence-electron chi connectivity index (χ3n) is 3.14. The first-order valence-corrected chi connectivity index (χ1v) is 7.04. The Bertz CT molecular complexity index is 782. The second-order valence-corrected chi connectivity index (χ2v) is 4.97. The fraction of sp³-hybridized carbons (Fsp3) is 0.214. The van der Waals surface area contributed by atoms with Crippen molar-refractivity contribution < 1.29 is 0 Å². The number of nitrogens with zero attached hydrogens (tertiary/aromatic N) is 3. The van der Waals surface area contributed by atoms with Crippen molar-refractivity contribution in [3.8, 4) is 0 Å². The summed E-state index contributed by atoms with van der Waals surface area (Å²) in [5, 5.41) is 7.10. The Morgan fingerprint density at radius 1 is 1.29 bits per heavy atom. The maximum atomic E-state index is 6.15. The minimum absolute atomic E-state index is 0.541. The lowest BCUT2D eigenvalue weighted by Crippen LogP contribution is -2.05. The van der Waals surface area contributed by atoms with Crippen molar-refractivity contribution in [2.75, 3.05) is 17.2 Å². The molecule has 0 saturated heterocycles. The van der Waals surface area contributed by atoms with Gasteiger partial charge < -0.3 is 15.6 Å². The van der Waals surface area contributed by atoms with Crippen LogP contribution in [0.15, 0.2) is 24.5 Å². The van der Waals surface area contributed by atoms with Gasteiger partial charge in [0.15, 0.2) is 11.5 Å². The molecular weight excluding hydrogens is 288 g/mol. The Morgan fingerprint density at radius 3 is 2.95 bits per heavy atom. The maximum absolute atomic E-state index is 6.15. The topological polar surface area (TPSA) is 78.5 Å². The lowest BCUT2D eigenvalue weighted by Gasteiger charge is -2.11. The predicted molar refractivity (Wildman–Crippen MR) is 85.3 cm³/mol. The van der Waals surface area contributed by atoms with E-state index in [0.29, 0.717) is 22.4 Å². The van der Waals surface area contributed by atoms with Crippen LogP contribution in [0.25, 0.3) is 11.2 Å². The zero-order chi connectivity index (χ0) is 14.8. The molecule has 0 aliphatic carbocycles. The van der Waals surface area contributed by atoms with Gasteiger partial charge in [-0.3, -0.25) is 0 Å². The van der Waals surface area contributed by atoms with Gasteiger partial charge in [-0.2, -0.15) is 9.97 Å². The number of nitrogens with one attached hydrogen (secondary N) is 3. The van der Waals surface area contributed by atoms with Gasteiger partial charge in [-0.25, -0.2) is 4.98 Å². The van der Waals surface area contributed by atoms with Crippen molar-refractivity contribution in [2.45, 2.75) is 13.8 Å². The standard InChI is InChI=1S/C14H15ClN6/c1-3-16-14-20-12-11(17-7-18-12)13(21-14)19-10-6-4-5-9(15)8(10)2/h4-7H,3H2,1-2H3,(H3,16,17,18,19,20,21). The Hall–Kier alpha value is -2.34. The van der Waals surface area contributed by atoms with E-state index in [-0.39, 0.29) is 0 Å². The number of fused-ring (bicyclic) bond motifs is 1. The Kier molecular flexibility index (Phi) is 3.62. The number of aromatic nitrogens is 4. The fourth-order valence-electron chi connectivity index (χ4n) is 2.03. The van der Waals surface area contributed by atoms with Crippen LogP contribution >= 0.6 is 11.6 Å². The smallest absolute Gasteiger partial charge is 0.226 e. The first-order chi connectivity index (χ1) is 10.2. The lowest BCUT2D eigenvalue weighted by atomic mass is 10.2. The highest BCUT2D eigenvalue weighted by Crippen LogP contribution is 2.28. The van der Waals surface area contributed by atoms with Crippen LogP contribution in [0.5, 0.6) is 0 Å². The van der Waals surface area contributed by atoms with Crippen LogP contribution in [0.3, 0.4) is 0 Å². The molecule has 0 bridgehead atoms. The normalized spacial score (nSPS) is 10.8. The number of hydrogen-bond acceptors (Lipinski definition) is 5. The molecule has 0 aliphatic rings. The van der Waals surface area contributed by atoms with Crippen molar-refractivity contribution in [2.24, 2.45) is 0 Å². The van der Waals surface area contributed by atoms with E-state index in [0.717, 1.165) is 23.3 Å². The number of imidazole rings is 1. The van der Waals surface area contributed by atoms with E-state index in [2.05, 4.69) is 30.6 Å². The van der Waals surface area contributed by atoms with Gasteiger partial charge in [-0.1, -0.05) is 17.7 Å². The SMILES string of the molecule is CCNc1nc(Nc2cccc(Cl)c2C)c2[nH]cnc2n1. The molecule has 6 nitrogen and oxygen atoms in total. The maximum Gasteiger partial charge on any atom is 0.226 e. The van der Waals surface area contributed by atoms with Crippen molar-refractivity contribution in [3.63, 3.8) is 0 Å². The van der Waals surface area contributed by atoms with E-state index in [1.54, 1.807) is 6.33 Å². The molecule has 3 aromatic rings. The lowest BCUT2D eigenvalue weighted by molar-refractivity contribution is 1.10. The number of hydrogen-bond donors (Lipinski definition) is 3. The molecule has 3 N–H and O–H groups in total. The Balaban J connectivity index is 2.06. The molecule has 0 aliphatic heterocycles. The summed E-state index contributed by atoms with van der Waals surface area (Å²) in [5.74, 6) is 1.21.